The molecule has 1 aromatic rings. The fraction of sp³-hybridized carbons (Fsp3) is 0.579. The van der Waals surface area contributed by atoms with Gasteiger partial charge in [0, 0.05) is 19.1 Å². The topological polar surface area (TPSA) is 101 Å². The molecule has 0 radical (unpaired) electrons. The number of aliphatic hydroxyl groups excluding tert-OH is 1. The lowest BCUT2D eigenvalue weighted by atomic mass is 9.97. The van der Waals surface area contributed by atoms with Crippen LogP contribution in [0, 0.1) is 0 Å². The minimum atomic E-state index is -1.23. The minimum absolute atomic E-state index is 0.0624. The smallest absolute Gasteiger partial charge is 0.306 e. The lowest BCUT2D eigenvalue weighted by molar-refractivity contribution is -0.358. The zero-order valence-electron chi connectivity index (χ0n) is 15.3. The summed E-state index contributed by atoms with van der Waals surface area (Å²) in [4.78, 5) is 23.2. The first kappa shape index (κ1) is 19.9. The van der Waals surface area contributed by atoms with Gasteiger partial charge in [0.05, 0.1) is 13.0 Å². The number of Topliss-reactive ketones (excluding diaryl/α,β-unsaturated/α-hetero) is 1. The Kier molecular flexibility index (Phi) is 6.56. The molecule has 148 valence electrons. The van der Waals surface area contributed by atoms with Crippen molar-refractivity contribution in [1.82, 2.24) is 0 Å². The molecule has 0 bridgehead atoms. The van der Waals surface area contributed by atoms with Crippen LogP contribution in [-0.4, -0.2) is 61.3 Å². The predicted molar refractivity (Wildman–Crippen MR) is 91.5 cm³/mol. The fourth-order valence-corrected chi connectivity index (χ4v) is 3.16. The van der Waals surface area contributed by atoms with E-state index in [0.717, 1.165) is 5.56 Å². The molecule has 2 aliphatic heterocycles. The molecule has 0 aromatic heterocycles. The second-order valence-electron chi connectivity index (χ2n) is 6.60. The molecular weight excluding hydrogens is 356 g/mol. The van der Waals surface area contributed by atoms with Crippen LogP contribution in [0.2, 0.25) is 0 Å². The maximum absolute atomic E-state index is 12.1. The van der Waals surface area contributed by atoms with Crippen LogP contribution in [-0.2, 0) is 33.3 Å². The third-order valence-corrected chi connectivity index (χ3v) is 4.56. The Hall–Kier alpha value is -1.84. The summed E-state index contributed by atoms with van der Waals surface area (Å²) in [6.45, 7) is 1.60. The number of esters is 1. The van der Waals surface area contributed by atoms with E-state index in [1.54, 1.807) is 0 Å². The summed E-state index contributed by atoms with van der Waals surface area (Å²) in [5, 5.41) is 10.5. The highest BCUT2D eigenvalue weighted by atomic mass is 16.8. The van der Waals surface area contributed by atoms with E-state index < -0.39 is 43.0 Å². The molecule has 2 saturated heterocycles. The first-order valence-electron chi connectivity index (χ1n) is 8.87. The molecule has 1 unspecified atom stereocenters. The van der Waals surface area contributed by atoms with Crippen LogP contribution in [0.3, 0.4) is 0 Å². The van der Waals surface area contributed by atoms with E-state index in [2.05, 4.69) is 0 Å². The lowest BCUT2D eigenvalue weighted by Gasteiger charge is -2.47. The highest BCUT2D eigenvalue weighted by Crippen LogP contribution is 2.35. The van der Waals surface area contributed by atoms with Crippen LogP contribution >= 0.6 is 0 Å². The van der Waals surface area contributed by atoms with Gasteiger partial charge in [0.1, 0.15) is 24.1 Å². The third kappa shape index (κ3) is 4.72. The van der Waals surface area contributed by atoms with Gasteiger partial charge in [-0.3, -0.25) is 4.79 Å². The van der Waals surface area contributed by atoms with Crippen LogP contribution in [0.25, 0.3) is 0 Å². The van der Waals surface area contributed by atoms with Crippen LogP contribution < -0.4 is 0 Å². The van der Waals surface area contributed by atoms with Crippen molar-refractivity contribution < 1.29 is 38.4 Å². The van der Waals surface area contributed by atoms with Gasteiger partial charge >= 0.3 is 5.97 Å². The van der Waals surface area contributed by atoms with Crippen LogP contribution in [0.15, 0.2) is 30.3 Å². The molecule has 8 heteroatoms. The molecule has 2 fully saturated rings. The first-order valence-corrected chi connectivity index (χ1v) is 8.87. The largest absolute Gasteiger partial charge is 0.456 e. The Balaban J connectivity index is 1.74. The van der Waals surface area contributed by atoms with Gasteiger partial charge in [-0.1, -0.05) is 30.3 Å². The molecule has 0 spiro atoms. The molecule has 27 heavy (non-hydrogen) atoms. The van der Waals surface area contributed by atoms with Gasteiger partial charge < -0.3 is 33.6 Å². The summed E-state index contributed by atoms with van der Waals surface area (Å²) in [6.07, 6.45) is -5.15. The van der Waals surface area contributed by atoms with Crippen molar-refractivity contribution in [1.29, 1.82) is 0 Å². The van der Waals surface area contributed by atoms with Gasteiger partial charge in [0.15, 0.2) is 18.7 Å². The quantitative estimate of drug-likeness (QED) is 0.733. The molecule has 6 atom stereocenters. The molecule has 1 aromatic carbocycles. The highest BCUT2D eigenvalue weighted by molar-refractivity contribution is 5.81. The number of carbonyl (C=O) groups excluding carboxylic acids is 2. The lowest BCUT2D eigenvalue weighted by Crippen LogP contribution is -2.63. The normalized spacial score (nSPS) is 33.1. The van der Waals surface area contributed by atoms with Crippen molar-refractivity contribution in [2.75, 3.05) is 13.7 Å². The van der Waals surface area contributed by atoms with E-state index in [1.165, 1.54) is 14.0 Å². The SMILES string of the molecule is CO[C@H]1O[C@@H]2COC(c3ccccc3)O[C@H]2[C@H](OC(=O)CCC(C)=O)[C@H]1O. The van der Waals surface area contributed by atoms with Crippen LogP contribution in [0.4, 0.5) is 0 Å². The number of benzene rings is 1. The number of methoxy groups -OCH3 is 1. The van der Waals surface area contributed by atoms with Crippen molar-refractivity contribution in [3.63, 3.8) is 0 Å². The van der Waals surface area contributed by atoms with Crippen molar-refractivity contribution in [3.8, 4) is 0 Å². The van der Waals surface area contributed by atoms with Gasteiger partial charge in [-0.2, -0.15) is 0 Å². The number of rotatable bonds is 6. The maximum atomic E-state index is 12.1. The van der Waals surface area contributed by atoms with Gasteiger partial charge in [-0.05, 0) is 6.92 Å². The van der Waals surface area contributed by atoms with Crippen molar-refractivity contribution in [3.05, 3.63) is 35.9 Å². The Morgan fingerprint density at radius 3 is 2.59 bits per heavy atom. The van der Waals surface area contributed by atoms with E-state index in [9.17, 15) is 14.7 Å². The predicted octanol–water partition coefficient (Wildman–Crippen LogP) is 1.11. The molecule has 1 N–H and O–H groups in total. The van der Waals surface area contributed by atoms with Gasteiger partial charge in [-0.15, -0.1) is 0 Å². The molecule has 0 aliphatic carbocycles. The molecular formula is C19H24O8. The minimum Gasteiger partial charge on any atom is -0.456 e. The van der Waals surface area contributed by atoms with Crippen molar-refractivity contribution in [2.45, 2.75) is 56.8 Å². The third-order valence-electron chi connectivity index (χ3n) is 4.56. The molecule has 0 amide bonds. The zero-order valence-corrected chi connectivity index (χ0v) is 15.3. The maximum Gasteiger partial charge on any atom is 0.306 e. The average Bonchev–Trinajstić information content (AvgIpc) is 2.68. The van der Waals surface area contributed by atoms with Gasteiger partial charge in [-0.25, -0.2) is 0 Å². The summed E-state index contributed by atoms with van der Waals surface area (Å²) in [5.74, 6) is -0.699. The van der Waals surface area contributed by atoms with Crippen LogP contribution in [0.5, 0.6) is 0 Å². The Bertz CT molecular complexity index is 648. The van der Waals surface area contributed by atoms with Crippen molar-refractivity contribution in [2.24, 2.45) is 0 Å². The Morgan fingerprint density at radius 2 is 1.93 bits per heavy atom. The summed E-state index contributed by atoms with van der Waals surface area (Å²) >= 11 is 0. The molecule has 2 aliphatic rings. The molecule has 0 saturated carbocycles. The van der Waals surface area contributed by atoms with Gasteiger partial charge in [0.2, 0.25) is 0 Å². The van der Waals surface area contributed by atoms with E-state index in [4.69, 9.17) is 23.7 Å². The number of aliphatic hydroxyl groups is 1. The average molecular weight is 380 g/mol. The molecule has 8 nitrogen and oxygen atoms in total. The van der Waals surface area contributed by atoms with E-state index in [1.807, 2.05) is 30.3 Å². The standard InChI is InChI=1S/C19H24O8/c1-11(20)8-9-14(21)26-17-15(22)19(23-2)25-13-10-24-18(27-16(13)17)12-6-4-3-5-7-12/h3-7,13,15-19,22H,8-10H2,1-2H3/t13-,15-,16-,17-,18?,19+/m1/s1. The number of hydrogen-bond acceptors (Lipinski definition) is 8. The van der Waals surface area contributed by atoms with Gasteiger partial charge in [0.25, 0.3) is 0 Å². The van der Waals surface area contributed by atoms with Crippen molar-refractivity contribution >= 4 is 11.8 Å². The molecule has 2 heterocycles. The van der Waals surface area contributed by atoms with E-state index in [-0.39, 0.29) is 25.2 Å². The molecule has 3 rings (SSSR count). The second kappa shape index (κ2) is 8.90. The zero-order chi connectivity index (χ0) is 19.4. The number of hydrogen-bond donors (Lipinski definition) is 1. The van der Waals surface area contributed by atoms with E-state index in [0.29, 0.717) is 0 Å². The number of fused-ring (bicyclic) bond motifs is 1. The van der Waals surface area contributed by atoms with E-state index >= 15 is 0 Å². The second-order valence-corrected chi connectivity index (χ2v) is 6.60. The van der Waals surface area contributed by atoms with Crippen LogP contribution in [0.1, 0.15) is 31.6 Å². The monoisotopic (exact) mass is 380 g/mol. The summed E-state index contributed by atoms with van der Waals surface area (Å²) in [7, 11) is 1.39. The first-order chi connectivity index (χ1) is 13.0. The number of carbonyl (C=O) groups is 2. The summed E-state index contributed by atoms with van der Waals surface area (Å²) < 4.78 is 28.0. The summed E-state index contributed by atoms with van der Waals surface area (Å²) in [5.41, 5.74) is 0.806. The Morgan fingerprint density at radius 1 is 1.19 bits per heavy atom. The Labute approximate surface area is 157 Å². The fourth-order valence-electron chi connectivity index (χ4n) is 3.16. The summed E-state index contributed by atoms with van der Waals surface area (Å²) in [6, 6.07) is 9.32. The highest BCUT2D eigenvalue weighted by Gasteiger charge is 2.51. The number of ether oxygens (including phenoxy) is 5. The number of ketones is 1.